The van der Waals surface area contributed by atoms with Gasteiger partial charge in [-0.2, -0.15) is 0 Å². The second-order valence-electron chi connectivity index (χ2n) is 4.88. The normalized spacial score (nSPS) is 15.4. The zero-order valence-electron chi connectivity index (χ0n) is 12.3. The highest BCUT2D eigenvalue weighted by molar-refractivity contribution is 7.85. The molecule has 0 radical (unpaired) electrons. The van der Waals surface area contributed by atoms with Crippen LogP contribution in [0, 0.1) is 5.82 Å². The lowest BCUT2D eigenvalue weighted by Gasteiger charge is -2.26. The standard InChI is InChI=1S/C17H20FNOS/c1-3-16(17(19-2)13-8-5-4-6-9-13)21(20)15-11-7-10-14(18)12-15/h4-12,16-17,19H,3H2,1-2H3. The quantitative estimate of drug-likeness (QED) is 0.882. The van der Waals surface area contributed by atoms with Crippen LogP contribution in [0.25, 0.3) is 0 Å². The molecule has 2 aromatic carbocycles. The predicted molar refractivity (Wildman–Crippen MR) is 85.1 cm³/mol. The SMILES string of the molecule is CCC(C(NC)c1ccccc1)S(=O)c1cccc(F)c1. The molecular weight excluding hydrogens is 285 g/mol. The monoisotopic (exact) mass is 305 g/mol. The Morgan fingerprint density at radius 2 is 1.86 bits per heavy atom. The van der Waals surface area contributed by atoms with E-state index in [1.807, 2.05) is 44.3 Å². The summed E-state index contributed by atoms with van der Waals surface area (Å²) in [6.45, 7) is 2.01. The molecule has 21 heavy (non-hydrogen) atoms. The van der Waals surface area contributed by atoms with Crippen molar-refractivity contribution in [3.63, 3.8) is 0 Å². The first-order valence-corrected chi connectivity index (χ1v) is 8.27. The Bertz CT molecular complexity index is 603. The van der Waals surface area contributed by atoms with E-state index in [9.17, 15) is 8.60 Å². The maximum atomic E-state index is 13.4. The summed E-state index contributed by atoms with van der Waals surface area (Å²) in [6.07, 6.45) is 0.740. The first-order valence-electron chi connectivity index (χ1n) is 7.05. The number of halogens is 1. The van der Waals surface area contributed by atoms with Crippen molar-refractivity contribution in [3.8, 4) is 0 Å². The van der Waals surface area contributed by atoms with Crippen molar-refractivity contribution >= 4 is 10.8 Å². The second-order valence-corrected chi connectivity index (χ2v) is 6.55. The topological polar surface area (TPSA) is 29.1 Å². The van der Waals surface area contributed by atoms with Crippen LogP contribution in [0.2, 0.25) is 0 Å². The second kappa shape index (κ2) is 7.48. The molecule has 0 saturated carbocycles. The third-order valence-electron chi connectivity index (χ3n) is 3.55. The van der Waals surface area contributed by atoms with Gasteiger partial charge in [0.25, 0.3) is 0 Å². The van der Waals surface area contributed by atoms with E-state index in [0.717, 1.165) is 12.0 Å². The Morgan fingerprint density at radius 3 is 2.43 bits per heavy atom. The molecule has 112 valence electrons. The fraction of sp³-hybridized carbons (Fsp3) is 0.294. The molecule has 1 N–H and O–H groups in total. The van der Waals surface area contributed by atoms with Crippen molar-refractivity contribution in [2.24, 2.45) is 0 Å². The van der Waals surface area contributed by atoms with Crippen molar-refractivity contribution in [1.29, 1.82) is 0 Å². The molecule has 3 unspecified atom stereocenters. The van der Waals surface area contributed by atoms with Gasteiger partial charge in [0.2, 0.25) is 0 Å². The van der Waals surface area contributed by atoms with Crippen molar-refractivity contribution < 1.29 is 8.60 Å². The maximum absolute atomic E-state index is 13.4. The number of nitrogens with one attached hydrogen (secondary N) is 1. The van der Waals surface area contributed by atoms with Gasteiger partial charge in [0.05, 0.1) is 16.0 Å². The minimum absolute atomic E-state index is 0.0275. The Kier molecular flexibility index (Phi) is 5.65. The highest BCUT2D eigenvalue weighted by atomic mass is 32.2. The van der Waals surface area contributed by atoms with Gasteiger partial charge in [0.15, 0.2) is 0 Å². The van der Waals surface area contributed by atoms with Crippen LogP contribution in [0.4, 0.5) is 4.39 Å². The third kappa shape index (κ3) is 3.77. The average Bonchev–Trinajstić information content (AvgIpc) is 2.52. The first-order chi connectivity index (χ1) is 10.2. The lowest BCUT2D eigenvalue weighted by atomic mass is 10.0. The molecule has 0 bridgehead atoms. The van der Waals surface area contributed by atoms with E-state index in [1.165, 1.54) is 12.1 Å². The van der Waals surface area contributed by atoms with Crippen LogP contribution >= 0.6 is 0 Å². The molecule has 2 aromatic rings. The number of benzene rings is 2. The predicted octanol–water partition coefficient (Wildman–Crippen LogP) is 3.67. The van der Waals surface area contributed by atoms with Crippen molar-refractivity contribution in [3.05, 3.63) is 66.0 Å². The Balaban J connectivity index is 2.31. The molecule has 0 fully saturated rings. The van der Waals surface area contributed by atoms with Gasteiger partial charge in [-0.3, -0.25) is 4.21 Å². The summed E-state index contributed by atoms with van der Waals surface area (Å²) >= 11 is 0. The van der Waals surface area contributed by atoms with E-state index in [1.54, 1.807) is 12.1 Å². The molecule has 0 saturated heterocycles. The maximum Gasteiger partial charge on any atom is 0.124 e. The van der Waals surface area contributed by atoms with Crippen molar-refractivity contribution in [2.75, 3.05) is 7.05 Å². The molecular formula is C17H20FNOS. The van der Waals surface area contributed by atoms with Gasteiger partial charge in [-0.15, -0.1) is 0 Å². The summed E-state index contributed by atoms with van der Waals surface area (Å²) < 4.78 is 26.2. The zero-order chi connectivity index (χ0) is 15.2. The van der Waals surface area contributed by atoms with E-state index in [-0.39, 0.29) is 17.1 Å². The third-order valence-corrected chi connectivity index (χ3v) is 5.42. The molecule has 0 aliphatic rings. The summed E-state index contributed by atoms with van der Waals surface area (Å²) in [7, 11) is 0.600. The number of hydrogen-bond donors (Lipinski definition) is 1. The summed E-state index contributed by atoms with van der Waals surface area (Å²) in [4.78, 5) is 0.540. The van der Waals surface area contributed by atoms with Crippen molar-refractivity contribution in [1.82, 2.24) is 5.32 Å². The van der Waals surface area contributed by atoms with Crippen LogP contribution in [0.5, 0.6) is 0 Å². The van der Waals surface area contributed by atoms with E-state index >= 15 is 0 Å². The minimum atomic E-state index is -1.26. The number of hydrogen-bond acceptors (Lipinski definition) is 2. The van der Waals surface area contributed by atoms with E-state index < -0.39 is 10.8 Å². The average molecular weight is 305 g/mol. The summed E-state index contributed by atoms with van der Waals surface area (Å²) in [6, 6.07) is 16.0. The van der Waals surface area contributed by atoms with Gasteiger partial charge < -0.3 is 5.32 Å². The van der Waals surface area contributed by atoms with Crippen molar-refractivity contribution in [2.45, 2.75) is 29.5 Å². The zero-order valence-corrected chi connectivity index (χ0v) is 13.1. The molecule has 3 atom stereocenters. The summed E-state index contributed by atoms with van der Waals surface area (Å²) in [5.74, 6) is -0.351. The Morgan fingerprint density at radius 1 is 1.14 bits per heavy atom. The highest BCUT2D eigenvalue weighted by Crippen LogP contribution is 2.26. The smallest absolute Gasteiger partial charge is 0.124 e. The Hall–Kier alpha value is -1.52. The van der Waals surface area contributed by atoms with Gasteiger partial charge in [-0.25, -0.2) is 4.39 Å². The van der Waals surface area contributed by atoms with Crippen LogP contribution in [-0.2, 0) is 10.8 Å². The summed E-state index contributed by atoms with van der Waals surface area (Å²) in [5, 5.41) is 3.14. The van der Waals surface area contributed by atoms with Gasteiger partial charge in [0.1, 0.15) is 5.82 Å². The first kappa shape index (κ1) is 15.9. The fourth-order valence-corrected chi connectivity index (χ4v) is 4.14. The Labute approximate surface area is 127 Å². The van der Waals surface area contributed by atoms with Crippen LogP contribution in [-0.4, -0.2) is 16.5 Å². The molecule has 4 heteroatoms. The molecule has 0 amide bonds. The molecule has 0 aliphatic heterocycles. The minimum Gasteiger partial charge on any atom is -0.312 e. The van der Waals surface area contributed by atoms with Gasteiger partial charge in [-0.1, -0.05) is 43.3 Å². The van der Waals surface area contributed by atoms with Crippen LogP contribution in [0.1, 0.15) is 24.9 Å². The molecule has 0 heterocycles. The van der Waals surface area contributed by atoms with Crippen LogP contribution < -0.4 is 5.32 Å². The lowest BCUT2D eigenvalue weighted by Crippen LogP contribution is -2.32. The molecule has 0 aliphatic carbocycles. The van der Waals surface area contributed by atoms with Crippen LogP contribution in [0.15, 0.2) is 59.5 Å². The van der Waals surface area contributed by atoms with Gasteiger partial charge in [0, 0.05) is 10.9 Å². The molecule has 2 nitrogen and oxygen atoms in total. The number of rotatable bonds is 6. The van der Waals surface area contributed by atoms with E-state index in [2.05, 4.69) is 5.32 Å². The molecule has 0 aromatic heterocycles. The van der Waals surface area contributed by atoms with Gasteiger partial charge >= 0.3 is 0 Å². The van der Waals surface area contributed by atoms with Crippen LogP contribution in [0.3, 0.4) is 0 Å². The summed E-state index contributed by atoms with van der Waals surface area (Å²) in [5.41, 5.74) is 1.09. The fourth-order valence-electron chi connectivity index (χ4n) is 2.51. The van der Waals surface area contributed by atoms with Gasteiger partial charge in [-0.05, 0) is 37.2 Å². The highest BCUT2D eigenvalue weighted by Gasteiger charge is 2.26. The largest absolute Gasteiger partial charge is 0.312 e. The molecule has 0 spiro atoms. The molecule has 2 rings (SSSR count). The lowest BCUT2D eigenvalue weighted by molar-refractivity contribution is 0.538. The van der Waals surface area contributed by atoms with E-state index in [0.29, 0.717) is 4.90 Å². The van der Waals surface area contributed by atoms with E-state index in [4.69, 9.17) is 0 Å².